The maximum atomic E-state index is 11.5. The number of nitrogens with zero attached hydrogens (tertiary/aromatic N) is 1. The van der Waals surface area contributed by atoms with E-state index in [1.807, 2.05) is 26.0 Å². The molecular formula is C12H18N2O2. The third-order valence-corrected chi connectivity index (χ3v) is 2.28. The van der Waals surface area contributed by atoms with Gasteiger partial charge in [0.1, 0.15) is 6.04 Å². The zero-order valence-corrected chi connectivity index (χ0v) is 9.77. The minimum Gasteiger partial charge on any atom is -0.465 e. The van der Waals surface area contributed by atoms with Gasteiger partial charge in [-0.2, -0.15) is 0 Å². The quantitative estimate of drug-likeness (QED) is 0.741. The van der Waals surface area contributed by atoms with Gasteiger partial charge in [0.15, 0.2) is 0 Å². The number of ether oxygens (including phenoxy) is 1. The van der Waals surface area contributed by atoms with Gasteiger partial charge in [0.05, 0.1) is 6.61 Å². The predicted molar refractivity (Wildman–Crippen MR) is 61.8 cm³/mol. The minimum atomic E-state index is -0.229. The molecule has 0 saturated carbocycles. The van der Waals surface area contributed by atoms with Crippen LogP contribution in [0.1, 0.15) is 25.8 Å². The molecule has 0 aliphatic heterocycles. The molecule has 0 spiro atoms. The van der Waals surface area contributed by atoms with Gasteiger partial charge in [-0.25, -0.2) is 0 Å². The molecule has 88 valence electrons. The van der Waals surface area contributed by atoms with E-state index in [2.05, 4.69) is 10.3 Å². The number of carbonyl (C=O) groups excluding carboxylic acids is 1. The molecular weight excluding hydrogens is 204 g/mol. The summed E-state index contributed by atoms with van der Waals surface area (Å²) >= 11 is 0. The monoisotopic (exact) mass is 222 g/mol. The summed E-state index contributed by atoms with van der Waals surface area (Å²) in [6.07, 6.45) is 4.20. The number of nitrogens with one attached hydrogen (secondary N) is 1. The highest BCUT2D eigenvalue weighted by Gasteiger charge is 2.16. The molecule has 0 saturated heterocycles. The van der Waals surface area contributed by atoms with Crippen molar-refractivity contribution in [1.82, 2.24) is 10.3 Å². The standard InChI is InChI=1S/C12H18N2O2/c1-3-11(12(15)16-4-2)14-9-10-5-7-13-8-6-10/h5-8,11,14H,3-4,9H2,1-2H3. The number of hydrogen-bond donors (Lipinski definition) is 1. The number of hydrogen-bond acceptors (Lipinski definition) is 4. The minimum absolute atomic E-state index is 0.181. The van der Waals surface area contributed by atoms with E-state index in [4.69, 9.17) is 4.74 Å². The van der Waals surface area contributed by atoms with Crippen LogP contribution >= 0.6 is 0 Å². The van der Waals surface area contributed by atoms with Gasteiger partial charge in [0, 0.05) is 18.9 Å². The molecule has 4 nitrogen and oxygen atoms in total. The topological polar surface area (TPSA) is 51.2 Å². The van der Waals surface area contributed by atoms with Crippen LogP contribution in [0.5, 0.6) is 0 Å². The van der Waals surface area contributed by atoms with E-state index in [1.54, 1.807) is 12.4 Å². The van der Waals surface area contributed by atoms with Crippen LogP contribution in [0.3, 0.4) is 0 Å². The third-order valence-electron chi connectivity index (χ3n) is 2.28. The van der Waals surface area contributed by atoms with Gasteiger partial charge in [-0.15, -0.1) is 0 Å². The molecule has 1 N–H and O–H groups in total. The van der Waals surface area contributed by atoms with Crippen LogP contribution in [0.4, 0.5) is 0 Å². The van der Waals surface area contributed by atoms with Crippen molar-refractivity contribution in [2.24, 2.45) is 0 Å². The molecule has 16 heavy (non-hydrogen) atoms. The number of esters is 1. The number of aromatic nitrogens is 1. The van der Waals surface area contributed by atoms with Crippen LogP contribution in [0.15, 0.2) is 24.5 Å². The van der Waals surface area contributed by atoms with E-state index in [9.17, 15) is 4.79 Å². The Morgan fingerprint density at radius 2 is 2.12 bits per heavy atom. The van der Waals surface area contributed by atoms with Crippen LogP contribution in [-0.2, 0) is 16.1 Å². The third kappa shape index (κ3) is 3.98. The second-order valence-electron chi connectivity index (χ2n) is 3.45. The summed E-state index contributed by atoms with van der Waals surface area (Å²) < 4.78 is 4.97. The summed E-state index contributed by atoms with van der Waals surface area (Å²) in [4.78, 5) is 15.4. The summed E-state index contributed by atoms with van der Waals surface area (Å²) in [7, 11) is 0. The van der Waals surface area contributed by atoms with Crippen molar-refractivity contribution < 1.29 is 9.53 Å². The lowest BCUT2D eigenvalue weighted by atomic mass is 10.2. The average Bonchev–Trinajstić information content (AvgIpc) is 2.31. The fourth-order valence-corrected chi connectivity index (χ4v) is 1.38. The Labute approximate surface area is 96.0 Å². The average molecular weight is 222 g/mol. The Hall–Kier alpha value is -1.42. The van der Waals surface area contributed by atoms with Crippen LogP contribution < -0.4 is 5.32 Å². The molecule has 1 aromatic rings. The normalized spacial score (nSPS) is 12.1. The summed E-state index contributed by atoms with van der Waals surface area (Å²) in [6.45, 7) is 4.85. The van der Waals surface area contributed by atoms with Gasteiger partial charge in [-0.05, 0) is 31.0 Å². The first-order valence-electron chi connectivity index (χ1n) is 5.56. The summed E-state index contributed by atoms with van der Waals surface area (Å²) in [6, 6.07) is 3.61. The van der Waals surface area contributed by atoms with Crippen molar-refractivity contribution in [2.75, 3.05) is 6.61 Å². The molecule has 1 heterocycles. The summed E-state index contributed by atoms with van der Waals surface area (Å²) in [5, 5.41) is 3.17. The molecule has 0 bridgehead atoms. The molecule has 0 radical (unpaired) electrons. The summed E-state index contributed by atoms with van der Waals surface area (Å²) in [5.74, 6) is -0.181. The first-order valence-corrected chi connectivity index (χ1v) is 5.56. The van der Waals surface area contributed by atoms with Gasteiger partial charge in [0.25, 0.3) is 0 Å². The zero-order valence-electron chi connectivity index (χ0n) is 9.77. The molecule has 0 fully saturated rings. The van der Waals surface area contributed by atoms with E-state index in [1.165, 1.54) is 0 Å². The molecule has 1 aromatic heterocycles. The first kappa shape index (κ1) is 12.6. The lowest BCUT2D eigenvalue weighted by molar-refractivity contribution is -0.145. The van der Waals surface area contributed by atoms with Crippen LogP contribution in [0, 0.1) is 0 Å². The van der Waals surface area contributed by atoms with E-state index in [-0.39, 0.29) is 12.0 Å². The number of carbonyl (C=O) groups is 1. The van der Waals surface area contributed by atoms with Crippen LogP contribution in [0.25, 0.3) is 0 Å². The largest absolute Gasteiger partial charge is 0.465 e. The highest BCUT2D eigenvalue weighted by atomic mass is 16.5. The van der Waals surface area contributed by atoms with Crippen LogP contribution in [0.2, 0.25) is 0 Å². The van der Waals surface area contributed by atoms with Crippen LogP contribution in [-0.4, -0.2) is 23.6 Å². The second kappa shape index (κ2) is 6.95. The Bertz CT molecular complexity index is 314. The van der Waals surface area contributed by atoms with Gasteiger partial charge in [-0.1, -0.05) is 6.92 Å². The highest BCUT2D eigenvalue weighted by Crippen LogP contribution is 2.00. The highest BCUT2D eigenvalue weighted by molar-refractivity contribution is 5.75. The van der Waals surface area contributed by atoms with Gasteiger partial charge in [-0.3, -0.25) is 9.78 Å². The molecule has 4 heteroatoms. The molecule has 0 aromatic carbocycles. The SMILES string of the molecule is CCOC(=O)C(CC)NCc1ccncc1. The Balaban J connectivity index is 2.43. The zero-order chi connectivity index (χ0) is 11.8. The first-order chi connectivity index (χ1) is 7.77. The molecule has 0 aliphatic carbocycles. The fourth-order valence-electron chi connectivity index (χ4n) is 1.38. The maximum absolute atomic E-state index is 11.5. The van der Waals surface area contributed by atoms with Gasteiger partial charge < -0.3 is 10.1 Å². The van der Waals surface area contributed by atoms with Crippen molar-refractivity contribution in [1.29, 1.82) is 0 Å². The van der Waals surface area contributed by atoms with E-state index in [0.717, 1.165) is 12.0 Å². The van der Waals surface area contributed by atoms with Gasteiger partial charge in [0.2, 0.25) is 0 Å². The van der Waals surface area contributed by atoms with Crippen molar-refractivity contribution in [3.05, 3.63) is 30.1 Å². The van der Waals surface area contributed by atoms with Gasteiger partial charge >= 0.3 is 5.97 Å². The van der Waals surface area contributed by atoms with Crippen molar-refractivity contribution >= 4 is 5.97 Å². The second-order valence-corrected chi connectivity index (χ2v) is 3.45. The molecule has 1 unspecified atom stereocenters. The Morgan fingerprint density at radius 3 is 2.69 bits per heavy atom. The maximum Gasteiger partial charge on any atom is 0.323 e. The number of pyridine rings is 1. The lowest BCUT2D eigenvalue weighted by Gasteiger charge is -2.15. The fraction of sp³-hybridized carbons (Fsp3) is 0.500. The molecule has 1 rings (SSSR count). The van der Waals surface area contributed by atoms with Crippen molar-refractivity contribution in [3.63, 3.8) is 0 Å². The van der Waals surface area contributed by atoms with Crippen molar-refractivity contribution in [3.8, 4) is 0 Å². The number of rotatable bonds is 6. The summed E-state index contributed by atoms with van der Waals surface area (Å²) in [5.41, 5.74) is 1.11. The lowest BCUT2D eigenvalue weighted by Crippen LogP contribution is -2.37. The molecule has 0 aliphatic rings. The van der Waals surface area contributed by atoms with Crippen molar-refractivity contribution in [2.45, 2.75) is 32.9 Å². The Kier molecular flexibility index (Phi) is 5.50. The van der Waals surface area contributed by atoms with E-state index >= 15 is 0 Å². The Morgan fingerprint density at radius 1 is 1.44 bits per heavy atom. The molecule has 0 amide bonds. The van der Waals surface area contributed by atoms with E-state index < -0.39 is 0 Å². The van der Waals surface area contributed by atoms with E-state index in [0.29, 0.717) is 13.2 Å². The predicted octanol–water partition coefficient (Wildman–Crippen LogP) is 1.51. The molecule has 1 atom stereocenters. The smallest absolute Gasteiger partial charge is 0.323 e.